The lowest BCUT2D eigenvalue weighted by Gasteiger charge is -2.15. The molecule has 0 saturated heterocycles. The molecule has 1 aromatic carbocycles. The Morgan fingerprint density at radius 2 is 1.87 bits per heavy atom. The Hall–Kier alpha value is 0.260. The minimum atomic E-state index is -4.31. The molecule has 0 spiro atoms. The Kier molecular flexibility index (Phi) is 4.12. The second-order valence-electron chi connectivity index (χ2n) is 3.04. The standard InChI is InChI=1S/C9H6Br2ClF3/c1-4-2-5(3-6(10)7(4)12)8(11)9(13,14)15/h2-3,8H,1H3. The summed E-state index contributed by atoms with van der Waals surface area (Å²) in [6.45, 7) is 1.66. The van der Waals surface area contributed by atoms with Crippen LogP contribution in [-0.4, -0.2) is 6.18 Å². The van der Waals surface area contributed by atoms with E-state index >= 15 is 0 Å². The SMILES string of the molecule is Cc1cc(C(Br)C(F)(F)F)cc(Br)c1Cl. The lowest BCUT2D eigenvalue weighted by molar-refractivity contribution is -0.128. The van der Waals surface area contributed by atoms with Crippen LogP contribution in [0, 0.1) is 6.92 Å². The summed E-state index contributed by atoms with van der Waals surface area (Å²) in [7, 11) is 0. The van der Waals surface area contributed by atoms with Gasteiger partial charge in [0.05, 0.1) is 5.02 Å². The summed E-state index contributed by atoms with van der Waals surface area (Å²) in [5.74, 6) is 0. The molecule has 0 fully saturated rings. The van der Waals surface area contributed by atoms with Gasteiger partial charge in [0.15, 0.2) is 0 Å². The van der Waals surface area contributed by atoms with Crippen LogP contribution >= 0.6 is 43.5 Å². The highest BCUT2D eigenvalue weighted by Gasteiger charge is 2.39. The van der Waals surface area contributed by atoms with E-state index in [9.17, 15) is 13.2 Å². The molecule has 0 saturated carbocycles. The molecule has 0 heterocycles. The van der Waals surface area contributed by atoms with E-state index in [1.807, 2.05) is 0 Å². The van der Waals surface area contributed by atoms with Crippen molar-refractivity contribution in [2.45, 2.75) is 17.9 Å². The van der Waals surface area contributed by atoms with Crippen LogP contribution in [0.4, 0.5) is 13.2 Å². The number of halogens is 6. The number of benzene rings is 1. The fourth-order valence-electron chi connectivity index (χ4n) is 1.09. The molecule has 15 heavy (non-hydrogen) atoms. The van der Waals surface area contributed by atoms with Gasteiger partial charge in [0.25, 0.3) is 0 Å². The molecule has 0 nitrogen and oxygen atoms in total. The number of rotatable bonds is 1. The molecule has 0 aliphatic rings. The highest BCUT2D eigenvalue weighted by Crippen LogP contribution is 2.42. The van der Waals surface area contributed by atoms with E-state index in [0.717, 1.165) is 0 Å². The maximum absolute atomic E-state index is 12.4. The molecule has 1 unspecified atom stereocenters. The summed E-state index contributed by atoms with van der Waals surface area (Å²) in [6.07, 6.45) is -4.31. The summed E-state index contributed by atoms with van der Waals surface area (Å²) in [6, 6.07) is 2.78. The third kappa shape index (κ3) is 3.11. The molecular weight excluding hydrogens is 360 g/mol. The average Bonchev–Trinajstić information content (AvgIpc) is 2.10. The van der Waals surface area contributed by atoms with Crippen molar-refractivity contribution < 1.29 is 13.2 Å². The van der Waals surface area contributed by atoms with Crippen LogP contribution < -0.4 is 0 Å². The zero-order valence-electron chi connectivity index (χ0n) is 7.50. The van der Waals surface area contributed by atoms with Gasteiger partial charge in [0, 0.05) is 4.47 Å². The van der Waals surface area contributed by atoms with Crippen LogP contribution in [0.15, 0.2) is 16.6 Å². The normalized spacial score (nSPS) is 14.1. The summed E-state index contributed by atoms with van der Waals surface area (Å²) in [4.78, 5) is -1.67. The smallest absolute Gasteiger partial charge is 0.169 e. The van der Waals surface area contributed by atoms with E-state index in [1.165, 1.54) is 12.1 Å². The lowest BCUT2D eigenvalue weighted by atomic mass is 10.1. The van der Waals surface area contributed by atoms with Gasteiger partial charge in [-0.15, -0.1) is 0 Å². The van der Waals surface area contributed by atoms with Gasteiger partial charge >= 0.3 is 6.18 Å². The fraction of sp³-hybridized carbons (Fsp3) is 0.333. The largest absolute Gasteiger partial charge is 0.405 e. The molecule has 0 N–H and O–H groups in total. The van der Waals surface area contributed by atoms with E-state index in [4.69, 9.17) is 11.6 Å². The first-order valence-electron chi connectivity index (χ1n) is 3.90. The first-order chi connectivity index (χ1) is 6.73. The van der Waals surface area contributed by atoms with E-state index in [-0.39, 0.29) is 5.56 Å². The quantitative estimate of drug-likeness (QED) is 0.583. The van der Waals surface area contributed by atoms with Crippen molar-refractivity contribution in [3.05, 3.63) is 32.8 Å². The minimum Gasteiger partial charge on any atom is -0.169 e. The van der Waals surface area contributed by atoms with Gasteiger partial charge in [-0.2, -0.15) is 13.2 Å². The summed E-state index contributed by atoms with van der Waals surface area (Å²) >= 11 is 11.5. The van der Waals surface area contributed by atoms with E-state index in [0.29, 0.717) is 15.1 Å². The summed E-state index contributed by atoms with van der Waals surface area (Å²) in [5, 5.41) is 0.431. The lowest BCUT2D eigenvalue weighted by Crippen LogP contribution is -2.15. The summed E-state index contributed by atoms with van der Waals surface area (Å²) in [5.41, 5.74) is 0.742. The van der Waals surface area contributed by atoms with Crippen molar-refractivity contribution in [3.8, 4) is 0 Å². The first-order valence-corrected chi connectivity index (χ1v) is 5.98. The Bertz CT molecular complexity index is 353. The Morgan fingerprint density at radius 3 is 2.27 bits per heavy atom. The molecule has 6 heteroatoms. The predicted molar refractivity (Wildman–Crippen MR) is 61.6 cm³/mol. The average molecular weight is 366 g/mol. The molecule has 0 aromatic heterocycles. The highest BCUT2D eigenvalue weighted by atomic mass is 79.9. The van der Waals surface area contributed by atoms with Gasteiger partial charge in [-0.05, 0) is 40.0 Å². The maximum atomic E-state index is 12.4. The fourth-order valence-corrected chi connectivity index (χ4v) is 2.04. The third-order valence-electron chi connectivity index (χ3n) is 1.81. The maximum Gasteiger partial charge on any atom is 0.405 e. The molecule has 1 atom stereocenters. The number of alkyl halides is 4. The summed E-state index contributed by atoms with van der Waals surface area (Å²) < 4.78 is 37.7. The monoisotopic (exact) mass is 364 g/mol. The van der Waals surface area contributed by atoms with Gasteiger partial charge in [-0.1, -0.05) is 33.6 Å². The van der Waals surface area contributed by atoms with Crippen molar-refractivity contribution >= 4 is 43.5 Å². The van der Waals surface area contributed by atoms with Gasteiger partial charge in [-0.3, -0.25) is 0 Å². The van der Waals surface area contributed by atoms with Crippen LogP contribution in [0.1, 0.15) is 16.0 Å². The molecule has 0 amide bonds. The zero-order chi connectivity index (χ0) is 11.8. The molecule has 1 rings (SSSR count). The molecular formula is C9H6Br2ClF3. The Balaban J connectivity index is 3.17. The van der Waals surface area contributed by atoms with Crippen molar-refractivity contribution in [1.82, 2.24) is 0 Å². The number of aryl methyl sites for hydroxylation is 1. The predicted octanol–water partition coefficient (Wildman–Crippen LogP) is 5.41. The van der Waals surface area contributed by atoms with Crippen molar-refractivity contribution in [2.24, 2.45) is 0 Å². The van der Waals surface area contributed by atoms with Crippen LogP contribution in [0.3, 0.4) is 0 Å². The van der Waals surface area contributed by atoms with Gasteiger partial charge in [0.2, 0.25) is 0 Å². The second kappa shape index (κ2) is 4.63. The van der Waals surface area contributed by atoms with E-state index in [2.05, 4.69) is 31.9 Å². The molecule has 0 radical (unpaired) electrons. The Labute approximate surface area is 107 Å². The van der Waals surface area contributed by atoms with Gasteiger partial charge in [0.1, 0.15) is 4.83 Å². The molecule has 84 valence electrons. The second-order valence-corrected chi connectivity index (χ2v) is 5.19. The van der Waals surface area contributed by atoms with Gasteiger partial charge < -0.3 is 0 Å². The van der Waals surface area contributed by atoms with Gasteiger partial charge in [-0.25, -0.2) is 0 Å². The van der Waals surface area contributed by atoms with Crippen LogP contribution in [0.2, 0.25) is 5.02 Å². The minimum absolute atomic E-state index is 0.135. The molecule has 0 aliphatic heterocycles. The van der Waals surface area contributed by atoms with Crippen molar-refractivity contribution in [3.63, 3.8) is 0 Å². The van der Waals surface area contributed by atoms with E-state index < -0.39 is 11.0 Å². The Morgan fingerprint density at radius 1 is 1.33 bits per heavy atom. The first kappa shape index (κ1) is 13.3. The highest BCUT2D eigenvalue weighted by molar-refractivity contribution is 9.10. The van der Waals surface area contributed by atoms with Crippen LogP contribution in [0.5, 0.6) is 0 Å². The van der Waals surface area contributed by atoms with Crippen LogP contribution in [0.25, 0.3) is 0 Å². The number of hydrogen-bond donors (Lipinski definition) is 0. The number of hydrogen-bond acceptors (Lipinski definition) is 0. The van der Waals surface area contributed by atoms with Crippen molar-refractivity contribution in [1.29, 1.82) is 0 Å². The topological polar surface area (TPSA) is 0 Å². The van der Waals surface area contributed by atoms with Crippen molar-refractivity contribution in [2.75, 3.05) is 0 Å². The van der Waals surface area contributed by atoms with Crippen LogP contribution in [-0.2, 0) is 0 Å². The van der Waals surface area contributed by atoms with E-state index in [1.54, 1.807) is 6.92 Å². The zero-order valence-corrected chi connectivity index (χ0v) is 11.4. The molecule has 0 bridgehead atoms. The third-order valence-corrected chi connectivity index (χ3v) is 4.22. The molecule has 0 aliphatic carbocycles. The molecule has 1 aromatic rings.